The number of aromatic amines is 1. The Morgan fingerprint density at radius 2 is 1.56 bits per heavy atom. The van der Waals surface area contributed by atoms with Crippen LogP contribution in [0.2, 0.25) is 0 Å². The van der Waals surface area contributed by atoms with E-state index < -0.39 is 0 Å². The number of hydrogen-bond donors (Lipinski definition) is 2. The smallest absolute Gasteiger partial charge is 0.180 e. The van der Waals surface area contributed by atoms with Gasteiger partial charge in [-0.1, -0.05) is 84.9 Å². The van der Waals surface area contributed by atoms with Crippen LogP contribution in [0.4, 0.5) is 0 Å². The number of nitrogens with one attached hydrogen (secondary N) is 2. The topological polar surface area (TPSA) is 82.2 Å². The predicted molar refractivity (Wildman–Crippen MR) is 178 cm³/mol. The van der Waals surface area contributed by atoms with Crippen molar-refractivity contribution < 1.29 is 4.74 Å². The van der Waals surface area contributed by atoms with Crippen molar-refractivity contribution in [3.63, 3.8) is 0 Å². The number of benzene rings is 4. The molecule has 1 aromatic heterocycles. The molecule has 5 aromatic rings. The maximum Gasteiger partial charge on any atom is 0.180 e. The third-order valence-corrected chi connectivity index (χ3v) is 8.07. The Balaban J connectivity index is 0.00000368. The summed E-state index contributed by atoms with van der Waals surface area (Å²) >= 11 is 5.96. The SMILES string of the molecule is Cl.S=C(NCCCN1CCOCC1)N(Cc1ccc(-c2ccccc2-c2nnn[nH]2)cc1)Cc1ccc2ccccc2c1. The Labute approximate surface area is 263 Å². The second kappa shape index (κ2) is 15.0. The molecule has 0 atom stereocenters. The van der Waals surface area contributed by atoms with Crippen LogP contribution >= 0.6 is 24.6 Å². The van der Waals surface area contributed by atoms with Gasteiger partial charge in [0.25, 0.3) is 0 Å². The van der Waals surface area contributed by atoms with Crippen LogP contribution in [0.25, 0.3) is 33.3 Å². The normalized spacial score (nSPS) is 13.4. The number of rotatable bonds is 10. The molecule has 0 aliphatic carbocycles. The molecular formula is C33H36ClN7OS. The molecule has 0 spiro atoms. The van der Waals surface area contributed by atoms with Gasteiger partial charge in [-0.15, -0.1) is 17.5 Å². The van der Waals surface area contributed by atoms with Crippen molar-refractivity contribution in [2.75, 3.05) is 39.4 Å². The zero-order valence-electron chi connectivity index (χ0n) is 24.0. The quantitative estimate of drug-likeness (QED) is 0.153. The Kier molecular flexibility index (Phi) is 10.7. The van der Waals surface area contributed by atoms with E-state index in [2.05, 4.69) is 109 Å². The summed E-state index contributed by atoms with van der Waals surface area (Å²) in [7, 11) is 0. The molecule has 4 aromatic carbocycles. The number of tetrazole rings is 1. The number of fused-ring (bicyclic) bond motifs is 1. The molecule has 0 saturated carbocycles. The van der Waals surface area contributed by atoms with Gasteiger partial charge >= 0.3 is 0 Å². The van der Waals surface area contributed by atoms with Gasteiger partial charge < -0.3 is 15.0 Å². The number of morpholine rings is 1. The molecule has 0 amide bonds. The number of aromatic nitrogens is 4. The molecule has 1 aliphatic rings. The summed E-state index contributed by atoms with van der Waals surface area (Å²) in [5.74, 6) is 0.654. The van der Waals surface area contributed by atoms with Gasteiger partial charge in [0.15, 0.2) is 10.9 Å². The van der Waals surface area contributed by atoms with Gasteiger partial charge in [0.05, 0.1) is 13.2 Å². The minimum atomic E-state index is 0. The minimum Gasteiger partial charge on any atom is -0.379 e. The second-order valence-corrected chi connectivity index (χ2v) is 11.0. The summed E-state index contributed by atoms with van der Waals surface area (Å²) in [4.78, 5) is 4.72. The first-order valence-corrected chi connectivity index (χ1v) is 14.9. The zero-order chi connectivity index (χ0) is 28.6. The summed E-state index contributed by atoms with van der Waals surface area (Å²) in [5.41, 5.74) is 5.58. The maximum absolute atomic E-state index is 5.96. The first kappa shape index (κ1) is 30.6. The van der Waals surface area contributed by atoms with E-state index in [1.54, 1.807) is 0 Å². The Morgan fingerprint density at radius 3 is 2.33 bits per heavy atom. The van der Waals surface area contributed by atoms with Crippen LogP contribution in [0.5, 0.6) is 0 Å². The van der Waals surface area contributed by atoms with E-state index in [-0.39, 0.29) is 12.4 Å². The standard InChI is InChI=1S/C33H35N7OS.ClH/c42-33(34-16-5-17-39-18-20-41-21-19-39)40(24-26-12-13-27-6-1-2-7-29(27)22-26)23-25-10-14-28(15-11-25)30-8-3-4-9-31(30)32-35-37-38-36-32;/h1-4,6-15,22H,5,16-21,23-24H2,(H,34,42)(H,35,36,37,38);1H. The molecule has 1 saturated heterocycles. The third kappa shape index (κ3) is 7.94. The van der Waals surface area contributed by atoms with Crippen molar-refractivity contribution in [2.24, 2.45) is 0 Å². The van der Waals surface area contributed by atoms with Gasteiger partial charge in [-0.25, -0.2) is 5.10 Å². The van der Waals surface area contributed by atoms with E-state index in [9.17, 15) is 0 Å². The molecule has 1 fully saturated rings. The Hall–Kier alpha value is -3.89. The largest absolute Gasteiger partial charge is 0.379 e. The van der Waals surface area contributed by atoms with E-state index in [0.717, 1.165) is 74.2 Å². The van der Waals surface area contributed by atoms with Gasteiger partial charge in [0.2, 0.25) is 0 Å². The Morgan fingerprint density at radius 1 is 0.860 bits per heavy atom. The monoisotopic (exact) mass is 613 g/mol. The fourth-order valence-electron chi connectivity index (χ4n) is 5.42. The van der Waals surface area contributed by atoms with E-state index in [1.165, 1.54) is 21.9 Å². The highest BCUT2D eigenvalue weighted by atomic mass is 35.5. The van der Waals surface area contributed by atoms with Crippen LogP contribution < -0.4 is 5.32 Å². The van der Waals surface area contributed by atoms with E-state index in [0.29, 0.717) is 12.4 Å². The number of hydrogen-bond acceptors (Lipinski definition) is 6. The van der Waals surface area contributed by atoms with E-state index >= 15 is 0 Å². The lowest BCUT2D eigenvalue weighted by Crippen LogP contribution is -2.41. The van der Waals surface area contributed by atoms with Crippen LogP contribution in [0.15, 0.2) is 91.0 Å². The highest BCUT2D eigenvalue weighted by molar-refractivity contribution is 7.80. The molecule has 6 rings (SSSR count). The van der Waals surface area contributed by atoms with Crippen molar-refractivity contribution >= 4 is 40.5 Å². The van der Waals surface area contributed by atoms with Crippen LogP contribution in [0.3, 0.4) is 0 Å². The molecule has 2 heterocycles. The molecule has 1 aliphatic heterocycles. The molecule has 222 valence electrons. The van der Waals surface area contributed by atoms with Crippen molar-refractivity contribution in [2.45, 2.75) is 19.5 Å². The van der Waals surface area contributed by atoms with Gasteiger partial charge in [-0.3, -0.25) is 4.90 Å². The number of halogens is 1. The summed E-state index contributed by atoms with van der Waals surface area (Å²) in [5, 5.41) is 21.3. The Bertz CT molecular complexity index is 1610. The number of ether oxygens (including phenoxy) is 1. The van der Waals surface area contributed by atoms with Gasteiger partial charge in [0, 0.05) is 38.3 Å². The van der Waals surface area contributed by atoms with Crippen LogP contribution in [-0.4, -0.2) is 74.9 Å². The summed E-state index contributed by atoms with van der Waals surface area (Å²) in [6.07, 6.45) is 1.04. The fraction of sp³-hybridized carbons (Fsp3) is 0.273. The molecule has 0 unspecified atom stereocenters. The van der Waals surface area contributed by atoms with Crippen LogP contribution in [-0.2, 0) is 17.8 Å². The van der Waals surface area contributed by atoms with Crippen molar-refractivity contribution in [3.8, 4) is 22.5 Å². The second-order valence-electron chi connectivity index (χ2n) is 10.6. The highest BCUT2D eigenvalue weighted by Crippen LogP contribution is 2.30. The lowest BCUT2D eigenvalue weighted by molar-refractivity contribution is 0.0376. The van der Waals surface area contributed by atoms with E-state index in [4.69, 9.17) is 17.0 Å². The zero-order valence-corrected chi connectivity index (χ0v) is 25.6. The molecule has 0 radical (unpaired) electrons. The average molecular weight is 614 g/mol. The van der Waals surface area contributed by atoms with Crippen molar-refractivity contribution in [3.05, 3.63) is 102 Å². The number of thiocarbonyl (C=S) groups is 1. The average Bonchev–Trinajstić information content (AvgIpc) is 3.59. The molecule has 2 N–H and O–H groups in total. The first-order chi connectivity index (χ1) is 20.7. The van der Waals surface area contributed by atoms with Crippen LogP contribution in [0.1, 0.15) is 17.5 Å². The summed E-state index contributed by atoms with van der Waals surface area (Å²) in [6, 6.07) is 32.0. The lowest BCUT2D eigenvalue weighted by Gasteiger charge is -2.28. The number of H-pyrrole nitrogens is 1. The lowest BCUT2D eigenvalue weighted by atomic mass is 9.98. The summed E-state index contributed by atoms with van der Waals surface area (Å²) in [6.45, 7) is 7.00. The maximum atomic E-state index is 5.96. The van der Waals surface area contributed by atoms with Crippen LogP contribution in [0, 0.1) is 0 Å². The molecular weight excluding hydrogens is 578 g/mol. The van der Waals surface area contributed by atoms with Crippen molar-refractivity contribution in [1.29, 1.82) is 0 Å². The molecule has 43 heavy (non-hydrogen) atoms. The minimum absolute atomic E-state index is 0. The first-order valence-electron chi connectivity index (χ1n) is 14.5. The predicted octanol–water partition coefficient (Wildman–Crippen LogP) is 5.71. The third-order valence-electron chi connectivity index (χ3n) is 7.67. The van der Waals surface area contributed by atoms with Gasteiger partial charge in [-0.2, -0.15) is 0 Å². The van der Waals surface area contributed by atoms with Crippen molar-refractivity contribution in [1.82, 2.24) is 35.7 Å². The van der Waals surface area contributed by atoms with E-state index in [1.807, 2.05) is 18.2 Å². The number of nitrogens with zero attached hydrogens (tertiary/aromatic N) is 5. The van der Waals surface area contributed by atoms with Gasteiger partial charge in [0.1, 0.15) is 0 Å². The highest BCUT2D eigenvalue weighted by Gasteiger charge is 2.15. The molecule has 0 bridgehead atoms. The molecule has 8 nitrogen and oxygen atoms in total. The fourth-order valence-corrected chi connectivity index (χ4v) is 5.65. The van der Waals surface area contributed by atoms with Gasteiger partial charge in [-0.05, 0) is 74.7 Å². The molecule has 10 heteroatoms. The summed E-state index contributed by atoms with van der Waals surface area (Å²) < 4.78 is 5.48.